The van der Waals surface area contributed by atoms with Crippen molar-refractivity contribution in [1.82, 2.24) is 0 Å². The van der Waals surface area contributed by atoms with Gasteiger partial charge in [0.25, 0.3) is 0 Å². The van der Waals surface area contributed by atoms with Crippen molar-refractivity contribution >= 4 is 11.7 Å². The van der Waals surface area contributed by atoms with Gasteiger partial charge in [0.1, 0.15) is 6.04 Å². The monoisotopic (exact) mass is 261 g/mol. The van der Waals surface area contributed by atoms with Gasteiger partial charge in [-0.1, -0.05) is 6.92 Å². The van der Waals surface area contributed by atoms with Crippen molar-refractivity contribution in [1.29, 1.82) is 0 Å². The van der Waals surface area contributed by atoms with Gasteiger partial charge in [0.2, 0.25) is 0 Å². The van der Waals surface area contributed by atoms with Crippen LogP contribution >= 0.6 is 0 Å². The zero-order valence-electron chi connectivity index (χ0n) is 10.1. The third kappa shape index (κ3) is 3.38. The van der Waals surface area contributed by atoms with Gasteiger partial charge in [0, 0.05) is 17.8 Å². The van der Waals surface area contributed by atoms with Crippen LogP contribution in [0, 0.1) is 17.5 Å². The first kappa shape index (κ1) is 14.3. The number of rotatable bonds is 5. The molecule has 1 atom stereocenters. The van der Waals surface area contributed by atoms with E-state index >= 15 is 0 Å². The van der Waals surface area contributed by atoms with Crippen molar-refractivity contribution in [2.45, 2.75) is 26.3 Å². The molecule has 0 spiro atoms. The standard InChI is InChI=1S/C12H14F3NO2/c1-3-10(12(17)18-4-2)16-7-5-8(13)11(15)9(14)6-7/h5-6,10,16H,3-4H2,1-2H3. The molecule has 18 heavy (non-hydrogen) atoms. The number of carbonyl (C=O) groups is 1. The highest BCUT2D eigenvalue weighted by atomic mass is 19.2. The third-order valence-electron chi connectivity index (χ3n) is 2.30. The molecule has 0 amide bonds. The summed E-state index contributed by atoms with van der Waals surface area (Å²) in [5, 5.41) is 2.60. The number of carbonyl (C=O) groups excluding carboxylic acids is 1. The number of hydrogen-bond acceptors (Lipinski definition) is 3. The van der Waals surface area contributed by atoms with Gasteiger partial charge in [-0.15, -0.1) is 0 Å². The Morgan fingerprint density at radius 1 is 1.28 bits per heavy atom. The molecule has 1 N–H and O–H groups in total. The van der Waals surface area contributed by atoms with E-state index in [0.717, 1.165) is 12.1 Å². The Morgan fingerprint density at radius 3 is 2.28 bits per heavy atom. The summed E-state index contributed by atoms with van der Waals surface area (Å²) in [7, 11) is 0. The molecule has 0 fully saturated rings. The maximum absolute atomic E-state index is 13.0. The minimum Gasteiger partial charge on any atom is -0.464 e. The van der Waals surface area contributed by atoms with Crippen LogP contribution in [-0.4, -0.2) is 18.6 Å². The van der Waals surface area contributed by atoms with Gasteiger partial charge in [-0.25, -0.2) is 18.0 Å². The van der Waals surface area contributed by atoms with Crippen LogP contribution < -0.4 is 5.32 Å². The van der Waals surface area contributed by atoms with Crippen LogP contribution in [0.25, 0.3) is 0 Å². The fourth-order valence-corrected chi connectivity index (χ4v) is 1.41. The lowest BCUT2D eigenvalue weighted by Gasteiger charge is -2.16. The number of nitrogens with one attached hydrogen (secondary N) is 1. The number of esters is 1. The van der Waals surface area contributed by atoms with Gasteiger partial charge < -0.3 is 10.1 Å². The maximum Gasteiger partial charge on any atom is 0.328 e. The Bertz CT molecular complexity index is 414. The van der Waals surface area contributed by atoms with Crippen molar-refractivity contribution in [2.24, 2.45) is 0 Å². The second-order valence-corrected chi connectivity index (χ2v) is 3.61. The first-order valence-electron chi connectivity index (χ1n) is 5.57. The average Bonchev–Trinajstić information content (AvgIpc) is 2.33. The van der Waals surface area contributed by atoms with Crippen molar-refractivity contribution in [2.75, 3.05) is 11.9 Å². The lowest BCUT2D eigenvalue weighted by atomic mass is 10.2. The van der Waals surface area contributed by atoms with Crippen LogP contribution in [-0.2, 0) is 9.53 Å². The lowest BCUT2D eigenvalue weighted by molar-refractivity contribution is -0.144. The van der Waals surface area contributed by atoms with E-state index in [1.54, 1.807) is 13.8 Å². The van der Waals surface area contributed by atoms with E-state index in [4.69, 9.17) is 4.74 Å². The predicted molar refractivity (Wildman–Crippen MR) is 60.7 cm³/mol. The molecule has 0 saturated carbocycles. The Labute approximate surface area is 103 Å². The highest BCUT2D eigenvalue weighted by Crippen LogP contribution is 2.18. The maximum atomic E-state index is 13.0. The van der Waals surface area contributed by atoms with E-state index in [-0.39, 0.29) is 12.3 Å². The molecule has 100 valence electrons. The molecule has 6 heteroatoms. The number of ether oxygens (including phenoxy) is 1. The molecule has 1 aromatic carbocycles. The van der Waals surface area contributed by atoms with Gasteiger partial charge in [-0.3, -0.25) is 0 Å². The molecular formula is C12H14F3NO2. The first-order valence-corrected chi connectivity index (χ1v) is 5.57. The molecule has 0 radical (unpaired) electrons. The summed E-state index contributed by atoms with van der Waals surface area (Å²) in [4.78, 5) is 11.5. The summed E-state index contributed by atoms with van der Waals surface area (Å²) in [6, 6.07) is 0.856. The third-order valence-corrected chi connectivity index (χ3v) is 2.30. The van der Waals surface area contributed by atoms with Crippen LogP contribution in [0.2, 0.25) is 0 Å². The topological polar surface area (TPSA) is 38.3 Å². The van der Waals surface area contributed by atoms with Crippen molar-refractivity contribution in [3.05, 3.63) is 29.6 Å². The van der Waals surface area contributed by atoms with Gasteiger partial charge in [0.15, 0.2) is 17.5 Å². The number of halogens is 3. The van der Waals surface area contributed by atoms with Crippen molar-refractivity contribution in [3.8, 4) is 0 Å². The van der Waals surface area contributed by atoms with Gasteiger partial charge in [-0.2, -0.15) is 0 Å². The lowest BCUT2D eigenvalue weighted by Crippen LogP contribution is -2.30. The quantitative estimate of drug-likeness (QED) is 0.654. The molecule has 0 heterocycles. The van der Waals surface area contributed by atoms with E-state index in [9.17, 15) is 18.0 Å². The molecule has 1 rings (SSSR count). The van der Waals surface area contributed by atoms with Crippen LogP contribution in [0.1, 0.15) is 20.3 Å². The molecule has 0 bridgehead atoms. The van der Waals surface area contributed by atoms with E-state index in [1.165, 1.54) is 0 Å². The van der Waals surface area contributed by atoms with Crippen molar-refractivity contribution < 1.29 is 22.7 Å². The summed E-state index contributed by atoms with van der Waals surface area (Å²) in [5.74, 6) is -4.68. The summed E-state index contributed by atoms with van der Waals surface area (Å²) in [6.07, 6.45) is 0.374. The second-order valence-electron chi connectivity index (χ2n) is 3.61. The zero-order valence-corrected chi connectivity index (χ0v) is 10.1. The highest BCUT2D eigenvalue weighted by molar-refractivity contribution is 5.79. The molecule has 1 unspecified atom stereocenters. The average molecular weight is 261 g/mol. The largest absolute Gasteiger partial charge is 0.464 e. The summed E-state index contributed by atoms with van der Waals surface area (Å²) in [5.41, 5.74) is -0.00805. The Morgan fingerprint density at radius 2 is 1.83 bits per heavy atom. The summed E-state index contributed by atoms with van der Waals surface area (Å²) < 4.78 is 43.5. The van der Waals surface area contributed by atoms with Crippen LogP contribution in [0.5, 0.6) is 0 Å². The molecule has 0 aromatic heterocycles. The van der Waals surface area contributed by atoms with Crippen LogP contribution in [0.4, 0.5) is 18.9 Å². The molecular weight excluding hydrogens is 247 g/mol. The van der Waals surface area contributed by atoms with E-state index in [0.29, 0.717) is 6.42 Å². The highest BCUT2D eigenvalue weighted by Gasteiger charge is 2.19. The Balaban J connectivity index is 2.85. The second kappa shape index (κ2) is 6.28. The Kier molecular flexibility index (Phi) is 5.00. The van der Waals surface area contributed by atoms with Crippen LogP contribution in [0.15, 0.2) is 12.1 Å². The minimum absolute atomic E-state index is 0.00805. The van der Waals surface area contributed by atoms with Crippen LogP contribution in [0.3, 0.4) is 0 Å². The van der Waals surface area contributed by atoms with Crippen molar-refractivity contribution in [3.63, 3.8) is 0 Å². The molecule has 0 aliphatic carbocycles. The summed E-state index contributed by atoms with van der Waals surface area (Å²) in [6.45, 7) is 3.58. The molecule has 0 aliphatic heterocycles. The fraction of sp³-hybridized carbons (Fsp3) is 0.417. The first-order chi connectivity index (χ1) is 8.49. The SMILES string of the molecule is CCOC(=O)C(CC)Nc1cc(F)c(F)c(F)c1. The molecule has 0 saturated heterocycles. The number of hydrogen-bond donors (Lipinski definition) is 1. The molecule has 0 aliphatic rings. The van der Waals surface area contributed by atoms with Gasteiger partial charge >= 0.3 is 5.97 Å². The normalized spacial score (nSPS) is 12.1. The van der Waals surface area contributed by atoms with E-state index < -0.39 is 29.5 Å². The Hall–Kier alpha value is -1.72. The van der Waals surface area contributed by atoms with E-state index in [2.05, 4.69) is 5.32 Å². The zero-order chi connectivity index (χ0) is 13.7. The van der Waals surface area contributed by atoms with Gasteiger partial charge in [0.05, 0.1) is 6.61 Å². The number of benzene rings is 1. The minimum atomic E-state index is -1.54. The number of anilines is 1. The molecule has 1 aromatic rings. The van der Waals surface area contributed by atoms with Gasteiger partial charge in [-0.05, 0) is 13.3 Å². The van der Waals surface area contributed by atoms with E-state index in [1.807, 2.05) is 0 Å². The molecule has 3 nitrogen and oxygen atoms in total. The fourth-order valence-electron chi connectivity index (χ4n) is 1.41. The summed E-state index contributed by atoms with van der Waals surface area (Å²) >= 11 is 0. The predicted octanol–water partition coefficient (Wildman–Crippen LogP) is 2.86. The smallest absolute Gasteiger partial charge is 0.328 e.